The molecule has 1 aromatic heterocycles. The zero-order valence-corrected chi connectivity index (χ0v) is 22.3. The van der Waals surface area contributed by atoms with E-state index in [1.165, 1.54) is 65.6 Å². The Balaban J connectivity index is 1.89. The van der Waals surface area contributed by atoms with E-state index in [1.54, 1.807) is 7.11 Å². The van der Waals surface area contributed by atoms with Gasteiger partial charge in [0.15, 0.2) is 0 Å². The molecule has 0 unspecified atom stereocenters. The number of ether oxygens (including phenoxy) is 1. The minimum Gasteiger partial charge on any atom is -0.497 e. The first kappa shape index (κ1) is 26.0. The Hall–Kier alpha value is -3.12. The van der Waals surface area contributed by atoms with Gasteiger partial charge >= 0.3 is 0 Å². The first-order chi connectivity index (χ1) is 17.7. The van der Waals surface area contributed by atoms with E-state index in [9.17, 15) is 5.26 Å². The highest BCUT2D eigenvalue weighted by molar-refractivity contribution is 5.75. The smallest absolute Gasteiger partial charge is 0.118 e. The summed E-state index contributed by atoms with van der Waals surface area (Å²) in [5, 5.41) is 10.6. The fourth-order valence-electron chi connectivity index (χ4n) is 5.75. The van der Waals surface area contributed by atoms with E-state index in [1.807, 2.05) is 6.07 Å². The van der Waals surface area contributed by atoms with Crippen LogP contribution < -0.4 is 4.74 Å². The standard InChI is InChI=1S/C33H40N2O/c1-4-6-9-15-28-30(16-10-7-5-2)35-32-29(31(28)26-17-19-27(36-3)20-18-26)21-22-33(32,24-34)23-25-13-11-8-12-14-25/h8,11-14,17-20H,4-7,9-10,15-16,21-23H2,1-3H3/t33-/m0/s1. The van der Waals surface area contributed by atoms with Gasteiger partial charge in [0, 0.05) is 5.69 Å². The van der Waals surface area contributed by atoms with Crippen LogP contribution in [0.25, 0.3) is 11.1 Å². The Morgan fingerprint density at radius 2 is 1.61 bits per heavy atom. The van der Waals surface area contributed by atoms with Crippen LogP contribution in [-0.4, -0.2) is 12.1 Å². The third-order valence-corrected chi connectivity index (χ3v) is 7.73. The lowest BCUT2D eigenvalue weighted by Crippen LogP contribution is -2.26. The predicted molar refractivity (Wildman–Crippen MR) is 148 cm³/mol. The maximum atomic E-state index is 10.6. The molecular formula is C33H40N2O. The minimum atomic E-state index is -0.570. The number of pyridine rings is 1. The van der Waals surface area contributed by atoms with Crippen LogP contribution >= 0.6 is 0 Å². The molecule has 1 atom stereocenters. The monoisotopic (exact) mass is 480 g/mol. The van der Waals surface area contributed by atoms with E-state index < -0.39 is 5.41 Å². The largest absolute Gasteiger partial charge is 0.497 e. The third-order valence-electron chi connectivity index (χ3n) is 7.73. The number of benzene rings is 2. The molecule has 2 aromatic carbocycles. The van der Waals surface area contributed by atoms with Crippen LogP contribution in [-0.2, 0) is 31.1 Å². The predicted octanol–water partition coefficient (Wildman–Crippen LogP) is 8.17. The van der Waals surface area contributed by atoms with Crippen molar-refractivity contribution in [3.63, 3.8) is 0 Å². The van der Waals surface area contributed by atoms with Gasteiger partial charge in [-0.15, -0.1) is 0 Å². The van der Waals surface area contributed by atoms with Crippen molar-refractivity contribution in [2.75, 3.05) is 7.11 Å². The highest BCUT2D eigenvalue weighted by atomic mass is 16.5. The van der Waals surface area contributed by atoms with E-state index in [0.29, 0.717) is 0 Å². The molecule has 1 aliphatic carbocycles. The molecule has 0 spiro atoms. The topological polar surface area (TPSA) is 45.9 Å². The van der Waals surface area contributed by atoms with Crippen molar-refractivity contribution in [1.29, 1.82) is 5.26 Å². The first-order valence-electron chi connectivity index (χ1n) is 13.8. The molecule has 4 rings (SSSR count). The number of methoxy groups -OCH3 is 1. The number of hydrogen-bond donors (Lipinski definition) is 0. The fourth-order valence-corrected chi connectivity index (χ4v) is 5.75. The second kappa shape index (κ2) is 12.2. The Labute approximate surface area is 217 Å². The molecule has 1 aliphatic rings. The van der Waals surface area contributed by atoms with Crippen LogP contribution in [0.1, 0.15) is 86.9 Å². The molecule has 3 heteroatoms. The SMILES string of the molecule is CCCCCc1nc2c(c(-c3ccc(OC)cc3)c1CCCCC)CC[C@@]2(C#N)Cc1ccccc1. The molecule has 0 bridgehead atoms. The Morgan fingerprint density at radius 1 is 0.917 bits per heavy atom. The van der Waals surface area contributed by atoms with E-state index in [0.717, 1.165) is 50.0 Å². The molecular weight excluding hydrogens is 440 g/mol. The molecule has 3 nitrogen and oxygen atoms in total. The molecule has 188 valence electrons. The van der Waals surface area contributed by atoms with Gasteiger partial charge in [0.1, 0.15) is 11.2 Å². The molecule has 0 radical (unpaired) electrons. The normalized spacial score (nSPS) is 16.5. The van der Waals surface area contributed by atoms with Gasteiger partial charge in [-0.25, -0.2) is 0 Å². The van der Waals surface area contributed by atoms with Crippen LogP contribution in [0.5, 0.6) is 5.75 Å². The van der Waals surface area contributed by atoms with Gasteiger partial charge in [-0.05, 0) is 84.9 Å². The van der Waals surface area contributed by atoms with Crippen LogP contribution in [0.2, 0.25) is 0 Å². The first-order valence-corrected chi connectivity index (χ1v) is 13.8. The summed E-state index contributed by atoms with van der Waals surface area (Å²) in [4.78, 5) is 5.40. The van der Waals surface area contributed by atoms with Gasteiger partial charge in [0.05, 0.1) is 18.9 Å². The minimum absolute atomic E-state index is 0.570. The summed E-state index contributed by atoms with van der Waals surface area (Å²) >= 11 is 0. The average Bonchev–Trinajstić information content (AvgIpc) is 3.27. The van der Waals surface area contributed by atoms with Crippen molar-refractivity contribution >= 4 is 0 Å². The van der Waals surface area contributed by atoms with Crippen LogP contribution in [0.15, 0.2) is 54.6 Å². The van der Waals surface area contributed by atoms with Gasteiger partial charge < -0.3 is 4.74 Å². The van der Waals surface area contributed by atoms with Crippen molar-refractivity contribution < 1.29 is 4.74 Å². The highest BCUT2D eigenvalue weighted by Crippen LogP contribution is 2.46. The quantitative estimate of drug-likeness (QED) is 0.246. The van der Waals surface area contributed by atoms with Crippen molar-refractivity contribution in [2.45, 2.75) is 89.9 Å². The van der Waals surface area contributed by atoms with E-state index in [2.05, 4.69) is 68.4 Å². The number of unbranched alkanes of at least 4 members (excludes halogenated alkanes) is 4. The van der Waals surface area contributed by atoms with Crippen molar-refractivity contribution in [3.05, 3.63) is 82.7 Å². The molecule has 1 heterocycles. The van der Waals surface area contributed by atoms with Crippen molar-refractivity contribution in [3.8, 4) is 22.9 Å². The number of aryl methyl sites for hydroxylation is 1. The summed E-state index contributed by atoms with van der Waals surface area (Å²) in [6.07, 6.45) is 11.6. The maximum Gasteiger partial charge on any atom is 0.118 e. The lowest BCUT2D eigenvalue weighted by atomic mass is 9.79. The van der Waals surface area contributed by atoms with Gasteiger partial charge in [-0.2, -0.15) is 5.26 Å². The highest BCUT2D eigenvalue weighted by Gasteiger charge is 2.43. The van der Waals surface area contributed by atoms with Crippen molar-refractivity contribution in [2.24, 2.45) is 0 Å². The molecule has 0 aliphatic heterocycles. The number of hydrogen-bond acceptors (Lipinski definition) is 3. The fraction of sp³-hybridized carbons (Fsp3) is 0.455. The molecule has 0 N–H and O–H groups in total. The van der Waals surface area contributed by atoms with Gasteiger partial charge in [-0.3, -0.25) is 4.98 Å². The number of aromatic nitrogens is 1. The number of fused-ring (bicyclic) bond motifs is 1. The number of nitriles is 1. The van der Waals surface area contributed by atoms with Crippen LogP contribution in [0.4, 0.5) is 0 Å². The van der Waals surface area contributed by atoms with Crippen molar-refractivity contribution in [1.82, 2.24) is 4.98 Å². The molecule has 0 amide bonds. The zero-order chi connectivity index (χ0) is 25.4. The molecule has 3 aromatic rings. The Morgan fingerprint density at radius 3 is 2.25 bits per heavy atom. The number of rotatable bonds is 12. The summed E-state index contributed by atoms with van der Waals surface area (Å²) in [6.45, 7) is 4.51. The number of nitrogens with zero attached hydrogens (tertiary/aromatic N) is 2. The zero-order valence-electron chi connectivity index (χ0n) is 22.3. The van der Waals surface area contributed by atoms with Gasteiger partial charge in [0.2, 0.25) is 0 Å². The summed E-state index contributed by atoms with van der Waals surface area (Å²) in [6, 6.07) is 21.7. The Bertz CT molecular complexity index is 1180. The second-order valence-electron chi connectivity index (χ2n) is 10.2. The van der Waals surface area contributed by atoms with Crippen LogP contribution in [0.3, 0.4) is 0 Å². The third kappa shape index (κ3) is 5.49. The molecule has 0 saturated heterocycles. The van der Waals surface area contributed by atoms with E-state index in [-0.39, 0.29) is 0 Å². The Kier molecular flexibility index (Phi) is 8.81. The van der Waals surface area contributed by atoms with E-state index >= 15 is 0 Å². The molecule has 36 heavy (non-hydrogen) atoms. The summed E-state index contributed by atoms with van der Waals surface area (Å²) in [7, 11) is 1.71. The van der Waals surface area contributed by atoms with E-state index in [4.69, 9.17) is 9.72 Å². The summed E-state index contributed by atoms with van der Waals surface area (Å²) in [5.41, 5.74) is 8.17. The lowest BCUT2D eigenvalue weighted by molar-refractivity contribution is 0.415. The lowest BCUT2D eigenvalue weighted by Gasteiger charge is -2.25. The maximum absolute atomic E-state index is 10.6. The molecule has 0 fully saturated rings. The summed E-state index contributed by atoms with van der Waals surface area (Å²) < 4.78 is 5.46. The molecule has 0 saturated carbocycles. The van der Waals surface area contributed by atoms with Gasteiger partial charge in [0.25, 0.3) is 0 Å². The summed E-state index contributed by atoms with van der Waals surface area (Å²) in [5.74, 6) is 0.871. The average molecular weight is 481 g/mol. The van der Waals surface area contributed by atoms with Gasteiger partial charge in [-0.1, -0.05) is 82.0 Å². The van der Waals surface area contributed by atoms with Crippen LogP contribution in [0, 0.1) is 11.3 Å². The second-order valence-corrected chi connectivity index (χ2v) is 10.2.